The molecule has 1 heterocycles. The first-order valence-corrected chi connectivity index (χ1v) is 8.48. The van der Waals surface area contributed by atoms with Gasteiger partial charge in [0.25, 0.3) is 0 Å². The van der Waals surface area contributed by atoms with Gasteiger partial charge in [-0.15, -0.1) is 11.3 Å². The molecule has 21 heavy (non-hydrogen) atoms. The van der Waals surface area contributed by atoms with Crippen LogP contribution in [0.5, 0.6) is 5.75 Å². The van der Waals surface area contributed by atoms with E-state index < -0.39 is 0 Å². The van der Waals surface area contributed by atoms with Crippen molar-refractivity contribution < 1.29 is 4.74 Å². The van der Waals surface area contributed by atoms with Crippen LogP contribution in [0.15, 0.2) is 29.6 Å². The minimum atomic E-state index is 0.485. The molecule has 2 aromatic rings. The summed E-state index contributed by atoms with van der Waals surface area (Å²) in [5.74, 6) is 1.45. The third-order valence-electron chi connectivity index (χ3n) is 3.57. The SMILES string of the molecule is CC(C)c1nc(COc2ccccc2CNC2CC2)cs1. The van der Waals surface area contributed by atoms with Crippen LogP contribution < -0.4 is 10.1 Å². The third-order valence-corrected chi connectivity index (χ3v) is 4.76. The van der Waals surface area contributed by atoms with E-state index in [1.165, 1.54) is 23.4 Å². The van der Waals surface area contributed by atoms with Crippen molar-refractivity contribution in [2.45, 2.75) is 51.8 Å². The number of aromatic nitrogens is 1. The lowest BCUT2D eigenvalue weighted by atomic mass is 10.2. The number of benzene rings is 1. The summed E-state index contributed by atoms with van der Waals surface area (Å²) in [5, 5.41) is 6.81. The fourth-order valence-corrected chi connectivity index (χ4v) is 2.96. The molecule has 0 bridgehead atoms. The molecule has 0 saturated heterocycles. The van der Waals surface area contributed by atoms with E-state index in [1.807, 2.05) is 12.1 Å². The average Bonchev–Trinajstić information content (AvgIpc) is 3.19. The van der Waals surface area contributed by atoms with Crippen molar-refractivity contribution >= 4 is 11.3 Å². The molecule has 3 nitrogen and oxygen atoms in total. The van der Waals surface area contributed by atoms with Crippen molar-refractivity contribution in [1.82, 2.24) is 10.3 Å². The maximum absolute atomic E-state index is 5.97. The van der Waals surface area contributed by atoms with Crippen molar-refractivity contribution in [1.29, 1.82) is 0 Å². The molecule has 0 radical (unpaired) electrons. The van der Waals surface area contributed by atoms with Gasteiger partial charge < -0.3 is 10.1 Å². The second-order valence-corrected chi connectivity index (χ2v) is 6.77. The Morgan fingerprint density at radius 2 is 2.14 bits per heavy atom. The highest BCUT2D eigenvalue weighted by Gasteiger charge is 2.20. The molecule has 0 atom stereocenters. The fourth-order valence-electron chi connectivity index (χ4n) is 2.14. The average molecular weight is 302 g/mol. The Balaban J connectivity index is 1.60. The number of hydrogen-bond acceptors (Lipinski definition) is 4. The zero-order valence-electron chi connectivity index (χ0n) is 12.6. The molecule has 4 heteroatoms. The molecular formula is C17H22N2OS. The fraction of sp³-hybridized carbons (Fsp3) is 0.471. The van der Waals surface area contributed by atoms with E-state index in [-0.39, 0.29) is 0 Å². The molecule has 1 aromatic carbocycles. The summed E-state index contributed by atoms with van der Waals surface area (Å²) < 4.78 is 5.97. The molecule has 1 fully saturated rings. The summed E-state index contributed by atoms with van der Waals surface area (Å²) in [4.78, 5) is 4.62. The van der Waals surface area contributed by atoms with Gasteiger partial charge in [0.2, 0.25) is 0 Å². The Morgan fingerprint density at radius 3 is 2.86 bits per heavy atom. The Kier molecular flexibility index (Phi) is 4.56. The first-order valence-electron chi connectivity index (χ1n) is 7.61. The van der Waals surface area contributed by atoms with Gasteiger partial charge in [-0.2, -0.15) is 0 Å². The maximum Gasteiger partial charge on any atom is 0.131 e. The molecule has 0 spiro atoms. The molecule has 3 rings (SSSR count). The summed E-state index contributed by atoms with van der Waals surface area (Å²) in [6.07, 6.45) is 2.61. The van der Waals surface area contributed by atoms with Gasteiger partial charge in [0.15, 0.2) is 0 Å². The molecule has 0 unspecified atom stereocenters. The van der Waals surface area contributed by atoms with Gasteiger partial charge in [-0.3, -0.25) is 0 Å². The summed E-state index contributed by atoms with van der Waals surface area (Å²) in [5.41, 5.74) is 2.25. The Morgan fingerprint density at radius 1 is 1.33 bits per heavy atom. The van der Waals surface area contributed by atoms with E-state index in [4.69, 9.17) is 4.74 Å². The minimum Gasteiger partial charge on any atom is -0.487 e. The predicted molar refractivity (Wildman–Crippen MR) is 86.8 cm³/mol. The van der Waals surface area contributed by atoms with E-state index >= 15 is 0 Å². The van der Waals surface area contributed by atoms with Crippen LogP contribution in [0.1, 0.15) is 48.9 Å². The molecule has 1 aliphatic carbocycles. The second-order valence-electron chi connectivity index (χ2n) is 5.88. The van der Waals surface area contributed by atoms with Crippen molar-refractivity contribution in [3.63, 3.8) is 0 Å². The molecular weight excluding hydrogens is 280 g/mol. The topological polar surface area (TPSA) is 34.1 Å². The van der Waals surface area contributed by atoms with Crippen LogP contribution >= 0.6 is 11.3 Å². The molecule has 1 saturated carbocycles. The van der Waals surface area contributed by atoms with Gasteiger partial charge >= 0.3 is 0 Å². The zero-order chi connectivity index (χ0) is 14.7. The van der Waals surface area contributed by atoms with Crippen LogP contribution in [-0.4, -0.2) is 11.0 Å². The summed E-state index contributed by atoms with van der Waals surface area (Å²) in [6.45, 7) is 5.77. The molecule has 1 N–H and O–H groups in total. The molecule has 0 amide bonds. The molecule has 1 aromatic heterocycles. The Bertz CT molecular complexity index is 590. The van der Waals surface area contributed by atoms with Gasteiger partial charge in [-0.05, 0) is 18.9 Å². The number of nitrogens with zero attached hydrogens (tertiary/aromatic N) is 1. The lowest BCUT2D eigenvalue weighted by Gasteiger charge is -2.11. The van der Waals surface area contributed by atoms with E-state index in [2.05, 4.69) is 41.7 Å². The standard InChI is InChI=1S/C17H22N2OS/c1-12(2)17-19-15(11-21-17)10-20-16-6-4-3-5-13(16)9-18-14-7-8-14/h3-6,11-12,14,18H,7-10H2,1-2H3. The lowest BCUT2D eigenvalue weighted by Crippen LogP contribution is -2.16. The van der Waals surface area contributed by atoms with Gasteiger partial charge in [0, 0.05) is 29.4 Å². The number of rotatable bonds is 7. The number of para-hydroxylation sites is 1. The second kappa shape index (κ2) is 6.58. The highest BCUT2D eigenvalue weighted by molar-refractivity contribution is 7.09. The molecule has 0 aliphatic heterocycles. The maximum atomic E-state index is 5.97. The normalized spacial score (nSPS) is 14.6. The number of ether oxygens (including phenoxy) is 1. The van der Waals surface area contributed by atoms with E-state index in [0.29, 0.717) is 18.6 Å². The third kappa shape index (κ3) is 4.05. The monoisotopic (exact) mass is 302 g/mol. The summed E-state index contributed by atoms with van der Waals surface area (Å²) >= 11 is 1.72. The van der Waals surface area contributed by atoms with Gasteiger partial charge in [0.1, 0.15) is 12.4 Å². The Hall–Kier alpha value is -1.39. The predicted octanol–water partition coefficient (Wildman–Crippen LogP) is 4.10. The van der Waals surface area contributed by atoms with Crippen molar-refractivity contribution in [3.05, 3.63) is 45.9 Å². The lowest BCUT2D eigenvalue weighted by molar-refractivity contribution is 0.298. The largest absolute Gasteiger partial charge is 0.487 e. The van der Waals surface area contributed by atoms with Crippen LogP contribution in [0.4, 0.5) is 0 Å². The number of thiazole rings is 1. The van der Waals surface area contributed by atoms with Crippen LogP contribution in [0.2, 0.25) is 0 Å². The first-order chi connectivity index (χ1) is 10.2. The quantitative estimate of drug-likeness (QED) is 0.836. The van der Waals surface area contributed by atoms with Gasteiger partial charge in [-0.25, -0.2) is 4.98 Å². The van der Waals surface area contributed by atoms with E-state index in [9.17, 15) is 0 Å². The van der Waals surface area contributed by atoms with Crippen molar-refractivity contribution in [2.75, 3.05) is 0 Å². The minimum absolute atomic E-state index is 0.485. The summed E-state index contributed by atoms with van der Waals surface area (Å²) in [6, 6.07) is 8.98. The van der Waals surface area contributed by atoms with Crippen LogP contribution in [0, 0.1) is 0 Å². The van der Waals surface area contributed by atoms with Gasteiger partial charge in [0.05, 0.1) is 10.7 Å². The van der Waals surface area contributed by atoms with Crippen LogP contribution in [0.3, 0.4) is 0 Å². The Labute approximate surface area is 130 Å². The first kappa shape index (κ1) is 14.5. The smallest absolute Gasteiger partial charge is 0.131 e. The van der Waals surface area contributed by atoms with Crippen molar-refractivity contribution in [2.24, 2.45) is 0 Å². The number of nitrogens with one attached hydrogen (secondary N) is 1. The molecule has 112 valence electrons. The number of hydrogen-bond donors (Lipinski definition) is 1. The highest BCUT2D eigenvalue weighted by Crippen LogP contribution is 2.24. The van der Waals surface area contributed by atoms with E-state index in [0.717, 1.165) is 18.0 Å². The molecule has 1 aliphatic rings. The van der Waals surface area contributed by atoms with E-state index in [1.54, 1.807) is 11.3 Å². The highest BCUT2D eigenvalue weighted by atomic mass is 32.1. The zero-order valence-corrected chi connectivity index (χ0v) is 13.5. The summed E-state index contributed by atoms with van der Waals surface area (Å²) in [7, 11) is 0. The van der Waals surface area contributed by atoms with Crippen LogP contribution in [-0.2, 0) is 13.2 Å². The van der Waals surface area contributed by atoms with Gasteiger partial charge in [-0.1, -0.05) is 32.0 Å². The van der Waals surface area contributed by atoms with Crippen molar-refractivity contribution in [3.8, 4) is 5.75 Å². The van der Waals surface area contributed by atoms with Crippen LogP contribution in [0.25, 0.3) is 0 Å².